The van der Waals surface area contributed by atoms with Crippen LogP contribution >= 0.6 is 0 Å². The normalized spacial score (nSPS) is 26.0. The summed E-state index contributed by atoms with van der Waals surface area (Å²) in [5.41, 5.74) is 2.62. The molecule has 0 spiro atoms. The van der Waals surface area contributed by atoms with Crippen LogP contribution in [0.4, 0.5) is 0 Å². The largest absolute Gasteiger partial charge is 0.315 e. The quantitative estimate of drug-likeness (QED) is 0.726. The van der Waals surface area contributed by atoms with Crippen LogP contribution in [-0.2, 0) is 0 Å². The summed E-state index contributed by atoms with van der Waals surface area (Å²) in [5, 5.41) is 12.3. The third-order valence-electron chi connectivity index (χ3n) is 2.97. The van der Waals surface area contributed by atoms with Gasteiger partial charge in [0.1, 0.15) is 0 Å². The van der Waals surface area contributed by atoms with Gasteiger partial charge in [0.2, 0.25) is 0 Å². The standard InChI is InChI=1S/C12H14N2/c1-9-4-2-3-5-11(9)12-8-14-7-10(12)6-13/h2-5,10,12,14H,7-8H2,1H3/t10-,12-/m0/s1. The summed E-state index contributed by atoms with van der Waals surface area (Å²) in [6.07, 6.45) is 0. The molecule has 0 unspecified atom stereocenters. The fourth-order valence-electron chi connectivity index (χ4n) is 2.14. The maximum atomic E-state index is 9.00. The number of hydrogen-bond acceptors (Lipinski definition) is 2. The van der Waals surface area contributed by atoms with E-state index in [-0.39, 0.29) is 5.92 Å². The SMILES string of the molecule is Cc1ccccc1[C@H]1CNC[C@@H]1C#N. The van der Waals surface area contributed by atoms with Gasteiger partial charge in [-0.05, 0) is 18.1 Å². The lowest BCUT2D eigenvalue weighted by Crippen LogP contribution is -2.09. The summed E-state index contributed by atoms with van der Waals surface area (Å²) in [6.45, 7) is 3.88. The average Bonchev–Trinajstić information content (AvgIpc) is 2.66. The number of nitrogens with one attached hydrogen (secondary N) is 1. The molecule has 14 heavy (non-hydrogen) atoms. The van der Waals surface area contributed by atoms with Crippen LogP contribution in [-0.4, -0.2) is 13.1 Å². The van der Waals surface area contributed by atoms with Crippen LogP contribution in [0.3, 0.4) is 0 Å². The van der Waals surface area contributed by atoms with E-state index >= 15 is 0 Å². The van der Waals surface area contributed by atoms with Crippen molar-refractivity contribution in [2.24, 2.45) is 5.92 Å². The summed E-state index contributed by atoms with van der Waals surface area (Å²) < 4.78 is 0. The Morgan fingerprint density at radius 1 is 1.36 bits per heavy atom. The van der Waals surface area contributed by atoms with Crippen molar-refractivity contribution in [2.45, 2.75) is 12.8 Å². The highest BCUT2D eigenvalue weighted by molar-refractivity contribution is 5.32. The zero-order valence-corrected chi connectivity index (χ0v) is 8.33. The first-order valence-corrected chi connectivity index (χ1v) is 4.99. The predicted molar refractivity (Wildman–Crippen MR) is 55.9 cm³/mol. The van der Waals surface area contributed by atoms with E-state index in [1.54, 1.807) is 0 Å². The number of nitriles is 1. The van der Waals surface area contributed by atoms with Gasteiger partial charge in [-0.3, -0.25) is 0 Å². The summed E-state index contributed by atoms with van der Waals surface area (Å²) in [6, 6.07) is 10.7. The van der Waals surface area contributed by atoms with Gasteiger partial charge in [0.25, 0.3) is 0 Å². The molecule has 1 aromatic carbocycles. The molecule has 0 radical (unpaired) electrons. The van der Waals surface area contributed by atoms with Gasteiger partial charge in [0, 0.05) is 19.0 Å². The Morgan fingerprint density at radius 3 is 2.86 bits per heavy atom. The van der Waals surface area contributed by atoms with E-state index in [1.165, 1.54) is 11.1 Å². The van der Waals surface area contributed by atoms with Gasteiger partial charge in [-0.1, -0.05) is 24.3 Å². The van der Waals surface area contributed by atoms with Crippen LogP contribution in [0.1, 0.15) is 17.0 Å². The van der Waals surface area contributed by atoms with Gasteiger partial charge < -0.3 is 5.32 Å². The summed E-state index contributed by atoms with van der Waals surface area (Å²) in [4.78, 5) is 0. The maximum absolute atomic E-state index is 9.00. The fourth-order valence-corrected chi connectivity index (χ4v) is 2.14. The zero-order chi connectivity index (χ0) is 9.97. The molecule has 1 aliphatic heterocycles. The molecular weight excluding hydrogens is 172 g/mol. The molecule has 1 N–H and O–H groups in total. The third-order valence-corrected chi connectivity index (χ3v) is 2.97. The van der Waals surface area contributed by atoms with E-state index in [0.29, 0.717) is 5.92 Å². The van der Waals surface area contributed by atoms with Crippen molar-refractivity contribution in [3.05, 3.63) is 35.4 Å². The smallest absolute Gasteiger partial charge is 0.0676 e. The van der Waals surface area contributed by atoms with Crippen molar-refractivity contribution in [3.8, 4) is 6.07 Å². The van der Waals surface area contributed by atoms with E-state index in [0.717, 1.165) is 13.1 Å². The van der Waals surface area contributed by atoms with Crippen molar-refractivity contribution in [2.75, 3.05) is 13.1 Å². The topological polar surface area (TPSA) is 35.8 Å². The number of rotatable bonds is 1. The van der Waals surface area contributed by atoms with Crippen LogP contribution in [0.25, 0.3) is 0 Å². The highest BCUT2D eigenvalue weighted by atomic mass is 14.9. The first-order chi connectivity index (χ1) is 6.83. The highest BCUT2D eigenvalue weighted by Crippen LogP contribution is 2.29. The molecule has 0 bridgehead atoms. The van der Waals surface area contributed by atoms with Crippen LogP contribution in [0, 0.1) is 24.2 Å². The van der Waals surface area contributed by atoms with Crippen LogP contribution in [0.15, 0.2) is 24.3 Å². The summed E-state index contributed by atoms with van der Waals surface area (Å²) in [7, 11) is 0. The Bertz CT molecular complexity index is 365. The maximum Gasteiger partial charge on any atom is 0.0676 e. The zero-order valence-electron chi connectivity index (χ0n) is 8.33. The lowest BCUT2D eigenvalue weighted by Gasteiger charge is -2.14. The second-order valence-corrected chi connectivity index (χ2v) is 3.86. The molecule has 0 aromatic heterocycles. The fraction of sp³-hybridized carbons (Fsp3) is 0.417. The Kier molecular flexibility index (Phi) is 2.51. The molecule has 2 rings (SSSR count). The van der Waals surface area contributed by atoms with Crippen molar-refractivity contribution >= 4 is 0 Å². The molecule has 1 fully saturated rings. The molecule has 2 nitrogen and oxygen atoms in total. The molecule has 72 valence electrons. The van der Waals surface area contributed by atoms with Gasteiger partial charge >= 0.3 is 0 Å². The number of benzene rings is 1. The molecule has 1 aromatic rings. The van der Waals surface area contributed by atoms with Crippen LogP contribution < -0.4 is 5.32 Å². The molecule has 0 aliphatic carbocycles. The minimum absolute atomic E-state index is 0.135. The number of aryl methyl sites for hydroxylation is 1. The molecular formula is C12H14N2. The Morgan fingerprint density at radius 2 is 2.14 bits per heavy atom. The second kappa shape index (κ2) is 3.81. The first kappa shape index (κ1) is 9.23. The van der Waals surface area contributed by atoms with E-state index in [1.807, 2.05) is 6.07 Å². The van der Waals surface area contributed by atoms with Crippen molar-refractivity contribution in [1.29, 1.82) is 5.26 Å². The first-order valence-electron chi connectivity index (χ1n) is 4.99. The molecule has 1 saturated heterocycles. The van der Waals surface area contributed by atoms with Crippen LogP contribution in [0.5, 0.6) is 0 Å². The lowest BCUT2D eigenvalue weighted by molar-refractivity contribution is 0.643. The van der Waals surface area contributed by atoms with Crippen molar-refractivity contribution in [1.82, 2.24) is 5.32 Å². The van der Waals surface area contributed by atoms with E-state index in [4.69, 9.17) is 5.26 Å². The third kappa shape index (κ3) is 1.51. The van der Waals surface area contributed by atoms with Gasteiger partial charge in [-0.2, -0.15) is 5.26 Å². The lowest BCUT2D eigenvalue weighted by atomic mass is 9.87. The average molecular weight is 186 g/mol. The minimum atomic E-state index is 0.135. The molecule has 1 aliphatic rings. The summed E-state index contributed by atoms with van der Waals surface area (Å²) in [5.74, 6) is 0.511. The Hall–Kier alpha value is -1.33. The highest BCUT2D eigenvalue weighted by Gasteiger charge is 2.28. The predicted octanol–water partition coefficient (Wildman–Crippen LogP) is 1.82. The Balaban J connectivity index is 2.31. The Labute approximate surface area is 84.6 Å². The molecule has 2 heteroatoms. The van der Waals surface area contributed by atoms with Gasteiger partial charge in [-0.15, -0.1) is 0 Å². The molecule has 0 amide bonds. The second-order valence-electron chi connectivity index (χ2n) is 3.86. The van der Waals surface area contributed by atoms with Crippen molar-refractivity contribution < 1.29 is 0 Å². The minimum Gasteiger partial charge on any atom is -0.315 e. The van der Waals surface area contributed by atoms with E-state index in [2.05, 4.69) is 36.5 Å². The molecule has 0 saturated carbocycles. The molecule has 1 heterocycles. The van der Waals surface area contributed by atoms with Crippen molar-refractivity contribution in [3.63, 3.8) is 0 Å². The number of nitrogens with zero attached hydrogens (tertiary/aromatic N) is 1. The van der Waals surface area contributed by atoms with Gasteiger partial charge in [-0.25, -0.2) is 0 Å². The van der Waals surface area contributed by atoms with Gasteiger partial charge in [0.05, 0.1) is 12.0 Å². The van der Waals surface area contributed by atoms with E-state index in [9.17, 15) is 0 Å². The molecule has 2 atom stereocenters. The monoisotopic (exact) mass is 186 g/mol. The summed E-state index contributed by atoms with van der Waals surface area (Å²) >= 11 is 0. The van der Waals surface area contributed by atoms with Gasteiger partial charge in [0.15, 0.2) is 0 Å². The van der Waals surface area contributed by atoms with E-state index < -0.39 is 0 Å². The number of hydrogen-bond donors (Lipinski definition) is 1. The van der Waals surface area contributed by atoms with Crippen LogP contribution in [0.2, 0.25) is 0 Å².